The monoisotopic (exact) mass is 461 g/mol. The van der Waals surface area contributed by atoms with Crippen LogP contribution in [-0.2, 0) is 10.5 Å². The molecule has 2 N–H and O–H groups in total. The summed E-state index contributed by atoms with van der Waals surface area (Å²) in [6.45, 7) is 2.14. The lowest BCUT2D eigenvalue weighted by atomic mass is 9.86. The molecule has 1 aliphatic rings. The quantitative estimate of drug-likeness (QED) is 0.315. The topological polar surface area (TPSA) is 93.3 Å². The molecule has 1 amide bonds. The number of aryl methyl sites for hydroxylation is 1. The Balaban J connectivity index is 1.64. The van der Waals surface area contributed by atoms with E-state index in [9.17, 15) is 9.59 Å². The first-order valence-corrected chi connectivity index (χ1v) is 11.3. The second-order valence-corrected chi connectivity index (χ2v) is 8.58. The van der Waals surface area contributed by atoms with Crippen LogP contribution in [0.1, 0.15) is 34.6 Å². The van der Waals surface area contributed by atoms with Gasteiger partial charge in [-0.05, 0) is 30.2 Å². The van der Waals surface area contributed by atoms with Crippen LogP contribution in [0.4, 0.5) is 5.82 Å². The van der Waals surface area contributed by atoms with Crippen molar-refractivity contribution in [3.8, 4) is 23.8 Å². The normalized spacial score (nSPS) is 14.7. The van der Waals surface area contributed by atoms with Gasteiger partial charge in [-0.1, -0.05) is 53.6 Å². The lowest BCUT2D eigenvalue weighted by Crippen LogP contribution is -2.31. The SMILES string of the molecule is C#CCOc1ccc([C@@H]2CC(=O)Nc3nc(SCc4cccc(C)c4)[nH]c(=O)c32)cc1OC. The standard InChI is InChI=1S/C25H23N3O4S/c1-4-10-32-19-9-8-17(12-20(19)31-3)18-13-21(29)26-23-22(18)24(30)28-25(27-23)33-14-16-7-5-6-15(2)11-16/h1,5-9,11-12,18H,10,13-14H2,2-3H3,(H2,26,27,28,29,30)/t18-/m0/s1. The summed E-state index contributed by atoms with van der Waals surface area (Å²) >= 11 is 1.41. The molecule has 2 heterocycles. The van der Waals surface area contributed by atoms with Crippen LogP contribution in [-0.4, -0.2) is 29.6 Å². The molecule has 1 aliphatic heterocycles. The Hall–Kier alpha value is -3.70. The first-order valence-electron chi connectivity index (χ1n) is 10.3. The number of hydrogen-bond acceptors (Lipinski definition) is 6. The zero-order valence-corrected chi connectivity index (χ0v) is 19.1. The minimum atomic E-state index is -0.462. The number of fused-ring (bicyclic) bond motifs is 1. The summed E-state index contributed by atoms with van der Waals surface area (Å²) in [7, 11) is 1.52. The van der Waals surface area contributed by atoms with Crippen molar-refractivity contribution < 1.29 is 14.3 Å². The highest BCUT2D eigenvalue weighted by Gasteiger charge is 2.31. The largest absolute Gasteiger partial charge is 0.493 e. The lowest BCUT2D eigenvalue weighted by Gasteiger charge is -2.25. The van der Waals surface area contributed by atoms with Crippen LogP contribution in [0.2, 0.25) is 0 Å². The summed E-state index contributed by atoms with van der Waals surface area (Å²) in [5.41, 5.74) is 3.20. The molecule has 0 spiro atoms. The van der Waals surface area contributed by atoms with Crippen molar-refractivity contribution in [2.45, 2.75) is 30.2 Å². The molecule has 0 saturated carbocycles. The van der Waals surface area contributed by atoms with Gasteiger partial charge >= 0.3 is 0 Å². The number of benzene rings is 2. The molecule has 2 aromatic carbocycles. The van der Waals surface area contributed by atoms with Crippen LogP contribution in [0.3, 0.4) is 0 Å². The number of carbonyl (C=O) groups is 1. The van der Waals surface area contributed by atoms with Gasteiger partial charge in [-0.3, -0.25) is 9.59 Å². The van der Waals surface area contributed by atoms with Crippen LogP contribution in [0.15, 0.2) is 52.4 Å². The number of nitrogens with zero attached hydrogens (tertiary/aromatic N) is 1. The lowest BCUT2D eigenvalue weighted by molar-refractivity contribution is -0.116. The molecule has 8 heteroatoms. The fourth-order valence-electron chi connectivity index (χ4n) is 3.80. The predicted molar refractivity (Wildman–Crippen MR) is 128 cm³/mol. The van der Waals surface area contributed by atoms with E-state index < -0.39 is 5.92 Å². The van der Waals surface area contributed by atoms with Crippen LogP contribution in [0.5, 0.6) is 11.5 Å². The van der Waals surface area contributed by atoms with Gasteiger partial charge in [-0.15, -0.1) is 6.42 Å². The zero-order chi connectivity index (χ0) is 23.4. The molecular formula is C25H23N3O4S. The number of methoxy groups -OCH3 is 1. The maximum absolute atomic E-state index is 13.1. The Labute approximate surface area is 195 Å². The average molecular weight is 462 g/mol. The first-order chi connectivity index (χ1) is 16.0. The van der Waals surface area contributed by atoms with E-state index in [0.29, 0.717) is 33.8 Å². The van der Waals surface area contributed by atoms with Crippen molar-refractivity contribution in [2.75, 3.05) is 19.0 Å². The molecule has 1 atom stereocenters. The van der Waals surface area contributed by atoms with Crippen molar-refractivity contribution in [2.24, 2.45) is 0 Å². The number of aromatic nitrogens is 2. The van der Waals surface area contributed by atoms with Gasteiger partial charge in [-0.2, -0.15) is 0 Å². The first kappa shape index (κ1) is 22.5. The number of aromatic amines is 1. The molecule has 168 valence electrons. The number of ether oxygens (including phenoxy) is 2. The fourth-order valence-corrected chi connectivity index (χ4v) is 4.60. The Morgan fingerprint density at radius 1 is 1.21 bits per heavy atom. The van der Waals surface area contributed by atoms with Gasteiger partial charge < -0.3 is 19.8 Å². The van der Waals surface area contributed by atoms with Gasteiger partial charge in [-0.25, -0.2) is 4.98 Å². The number of anilines is 1. The molecule has 3 aromatic rings. The Morgan fingerprint density at radius 3 is 2.82 bits per heavy atom. The molecule has 0 unspecified atom stereocenters. The maximum atomic E-state index is 13.1. The average Bonchev–Trinajstić information content (AvgIpc) is 2.80. The number of rotatable bonds is 7. The third kappa shape index (κ3) is 5.04. The maximum Gasteiger partial charge on any atom is 0.257 e. The number of amides is 1. The van der Waals surface area contributed by atoms with Gasteiger partial charge in [0.1, 0.15) is 12.4 Å². The summed E-state index contributed by atoms with van der Waals surface area (Å²) in [4.78, 5) is 32.9. The third-order valence-corrected chi connectivity index (χ3v) is 6.23. The number of terminal acetylenes is 1. The molecule has 0 bridgehead atoms. The minimum absolute atomic E-state index is 0.108. The van der Waals surface area contributed by atoms with E-state index in [2.05, 4.69) is 27.3 Å². The molecule has 0 fully saturated rings. The highest BCUT2D eigenvalue weighted by molar-refractivity contribution is 7.98. The summed E-state index contributed by atoms with van der Waals surface area (Å²) in [5.74, 6) is 3.66. The van der Waals surface area contributed by atoms with E-state index in [1.54, 1.807) is 18.2 Å². The number of H-pyrrole nitrogens is 1. The van der Waals surface area contributed by atoms with E-state index in [4.69, 9.17) is 15.9 Å². The molecule has 0 aliphatic carbocycles. The van der Waals surface area contributed by atoms with Gasteiger partial charge in [0.05, 0.1) is 12.7 Å². The Kier molecular flexibility index (Phi) is 6.71. The molecule has 0 saturated heterocycles. The fraction of sp³-hybridized carbons (Fsp3) is 0.240. The van der Waals surface area contributed by atoms with Crippen molar-refractivity contribution in [3.63, 3.8) is 0 Å². The third-order valence-electron chi connectivity index (χ3n) is 5.29. The van der Waals surface area contributed by atoms with E-state index in [1.807, 2.05) is 25.1 Å². The van der Waals surface area contributed by atoms with Gasteiger partial charge in [0.25, 0.3) is 5.56 Å². The van der Waals surface area contributed by atoms with Crippen LogP contribution >= 0.6 is 11.8 Å². The van der Waals surface area contributed by atoms with Crippen molar-refractivity contribution >= 4 is 23.5 Å². The van der Waals surface area contributed by atoms with Crippen LogP contribution < -0.4 is 20.3 Å². The number of nitrogens with one attached hydrogen (secondary N) is 2. The Bertz CT molecular complexity index is 1300. The molecule has 0 radical (unpaired) electrons. The highest BCUT2D eigenvalue weighted by atomic mass is 32.2. The second-order valence-electron chi connectivity index (χ2n) is 7.62. The van der Waals surface area contributed by atoms with Gasteiger partial charge in [0.15, 0.2) is 16.7 Å². The molecule has 7 nitrogen and oxygen atoms in total. The zero-order valence-electron chi connectivity index (χ0n) is 18.3. The van der Waals surface area contributed by atoms with E-state index in [1.165, 1.54) is 24.4 Å². The van der Waals surface area contributed by atoms with Gasteiger partial charge in [0.2, 0.25) is 5.91 Å². The molecule has 4 rings (SSSR count). The van der Waals surface area contributed by atoms with E-state index in [0.717, 1.165) is 11.1 Å². The summed E-state index contributed by atoms with van der Waals surface area (Å²) in [5, 5.41) is 3.21. The second kappa shape index (κ2) is 9.84. The van der Waals surface area contributed by atoms with E-state index in [-0.39, 0.29) is 24.5 Å². The van der Waals surface area contributed by atoms with Crippen molar-refractivity contribution in [3.05, 3.63) is 75.1 Å². The highest BCUT2D eigenvalue weighted by Crippen LogP contribution is 2.38. The molecule has 1 aromatic heterocycles. The molecular weight excluding hydrogens is 438 g/mol. The smallest absolute Gasteiger partial charge is 0.257 e. The predicted octanol–water partition coefficient (Wildman–Crippen LogP) is 3.87. The Morgan fingerprint density at radius 2 is 2.06 bits per heavy atom. The summed E-state index contributed by atoms with van der Waals surface area (Å²) in [6.07, 6.45) is 5.39. The minimum Gasteiger partial charge on any atom is -0.493 e. The number of thioether (sulfide) groups is 1. The summed E-state index contributed by atoms with van der Waals surface area (Å²) in [6, 6.07) is 13.4. The van der Waals surface area contributed by atoms with Crippen LogP contribution in [0, 0.1) is 19.3 Å². The van der Waals surface area contributed by atoms with Gasteiger partial charge in [0, 0.05) is 18.1 Å². The van der Waals surface area contributed by atoms with E-state index >= 15 is 0 Å². The van der Waals surface area contributed by atoms with Crippen LogP contribution in [0.25, 0.3) is 0 Å². The number of hydrogen-bond donors (Lipinski definition) is 2. The molecule has 33 heavy (non-hydrogen) atoms. The van der Waals surface area contributed by atoms with Crippen molar-refractivity contribution in [1.82, 2.24) is 9.97 Å². The summed E-state index contributed by atoms with van der Waals surface area (Å²) < 4.78 is 10.9. The van der Waals surface area contributed by atoms with Crippen molar-refractivity contribution in [1.29, 1.82) is 0 Å². The number of carbonyl (C=O) groups excluding carboxylic acids is 1.